The standard InChI is InChI=1S/C15H19NO/c1-11-6-5-8-13(10-11)16-15(17)14-9-4-3-7-12(14)2/h3-4,7,9,13H,1,5-6,8,10H2,2H3,(H,16,17). The van der Waals surface area contributed by atoms with Gasteiger partial charge in [0.1, 0.15) is 0 Å². The minimum atomic E-state index is 0.0443. The van der Waals surface area contributed by atoms with E-state index in [1.54, 1.807) is 0 Å². The number of hydrogen-bond donors (Lipinski definition) is 1. The summed E-state index contributed by atoms with van der Waals surface area (Å²) < 4.78 is 0. The van der Waals surface area contributed by atoms with Crippen LogP contribution < -0.4 is 5.32 Å². The lowest BCUT2D eigenvalue weighted by atomic mass is 9.91. The summed E-state index contributed by atoms with van der Waals surface area (Å²) in [5.74, 6) is 0.0443. The Kier molecular flexibility index (Phi) is 3.62. The highest BCUT2D eigenvalue weighted by Crippen LogP contribution is 2.22. The molecule has 0 aromatic heterocycles. The van der Waals surface area contributed by atoms with E-state index in [2.05, 4.69) is 11.9 Å². The summed E-state index contributed by atoms with van der Waals surface area (Å²) in [6.45, 7) is 5.98. The molecular weight excluding hydrogens is 210 g/mol. The van der Waals surface area contributed by atoms with Gasteiger partial charge in [0.25, 0.3) is 5.91 Å². The molecule has 1 fully saturated rings. The minimum Gasteiger partial charge on any atom is -0.349 e. The van der Waals surface area contributed by atoms with Gasteiger partial charge in [0, 0.05) is 11.6 Å². The zero-order valence-corrected chi connectivity index (χ0v) is 10.3. The fraction of sp³-hybridized carbons (Fsp3) is 0.400. The highest BCUT2D eigenvalue weighted by molar-refractivity contribution is 5.95. The summed E-state index contributed by atoms with van der Waals surface area (Å²) >= 11 is 0. The average Bonchev–Trinajstić information content (AvgIpc) is 2.29. The minimum absolute atomic E-state index is 0.0443. The van der Waals surface area contributed by atoms with Crippen molar-refractivity contribution in [2.24, 2.45) is 0 Å². The van der Waals surface area contributed by atoms with Crippen molar-refractivity contribution in [3.63, 3.8) is 0 Å². The fourth-order valence-electron chi connectivity index (χ4n) is 2.37. The first-order valence-corrected chi connectivity index (χ1v) is 6.20. The van der Waals surface area contributed by atoms with Crippen LogP contribution in [-0.2, 0) is 0 Å². The Morgan fingerprint density at radius 3 is 2.88 bits per heavy atom. The van der Waals surface area contributed by atoms with Crippen molar-refractivity contribution in [2.75, 3.05) is 0 Å². The molecule has 1 atom stereocenters. The molecule has 1 N–H and O–H groups in total. The molecule has 0 aliphatic heterocycles. The van der Waals surface area contributed by atoms with Crippen molar-refractivity contribution in [3.8, 4) is 0 Å². The van der Waals surface area contributed by atoms with Crippen LogP contribution in [0.1, 0.15) is 41.6 Å². The van der Waals surface area contributed by atoms with Crippen LogP contribution in [0.4, 0.5) is 0 Å². The number of benzene rings is 1. The van der Waals surface area contributed by atoms with Crippen LogP contribution in [0.25, 0.3) is 0 Å². The van der Waals surface area contributed by atoms with Gasteiger partial charge in [-0.2, -0.15) is 0 Å². The van der Waals surface area contributed by atoms with E-state index in [9.17, 15) is 4.79 Å². The third-order valence-electron chi connectivity index (χ3n) is 3.34. The molecule has 17 heavy (non-hydrogen) atoms. The number of rotatable bonds is 2. The number of carbonyl (C=O) groups is 1. The van der Waals surface area contributed by atoms with Gasteiger partial charge in [0.2, 0.25) is 0 Å². The Bertz CT molecular complexity index is 436. The molecule has 1 aliphatic rings. The first kappa shape index (κ1) is 11.9. The second-order valence-electron chi connectivity index (χ2n) is 4.83. The molecule has 1 aromatic carbocycles. The van der Waals surface area contributed by atoms with Crippen molar-refractivity contribution < 1.29 is 4.79 Å². The van der Waals surface area contributed by atoms with Crippen LogP contribution in [0.15, 0.2) is 36.4 Å². The molecule has 0 saturated heterocycles. The third kappa shape index (κ3) is 2.96. The Labute approximate surface area is 103 Å². The van der Waals surface area contributed by atoms with Gasteiger partial charge >= 0.3 is 0 Å². The zero-order chi connectivity index (χ0) is 12.3. The quantitative estimate of drug-likeness (QED) is 0.775. The van der Waals surface area contributed by atoms with Crippen molar-refractivity contribution in [2.45, 2.75) is 38.6 Å². The lowest BCUT2D eigenvalue weighted by Gasteiger charge is -2.24. The van der Waals surface area contributed by atoms with Crippen LogP contribution in [0.2, 0.25) is 0 Å². The number of carbonyl (C=O) groups excluding carboxylic acids is 1. The Morgan fingerprint density at radius 1 is 1.41 bits per heavy atom. The smallest absolute Gasteiger partial charge is 0.251 e. The molecule has 0 spiro atoms. The van der Waals surface area contributed by atoms with E-state index in [1.165, 1.54) is 5.57 Å². The van der Waals surface area contributed by atoms with Crippen molar-refractivity contribution in [3.05, 3.63) is 47.5 Å². The van der Waals surface area contributed by atoms with E-state index in [0.717, 1.165) is 36.8 Å². The first-order chi connectivity index (χ1) is 8.16. The third-order valence-corrected chi connectivity index (χ3v) is 3.34. The summed E-state index contributed by atoms with van der Waals surface area (Å²) in [6, 6.07) is 7.97. The Balaban J connectivity index is 2.02. The van der Waals surface area contributed by atoms with Gasteiger partial charge < -0.3 is 5.32 Å². The fourth-order valence-corrected chi connectivity index (χ4v) is 2.37. The Hall–Kier alpha value is -1.57. The van der Waals surface area contributed by atoms with Crippen LogP contribution in [-0.4, -0.2) is 11.9 Å². The number of aryl methyl sites for hydroxylation is 1. The molecule has 0 heterocycles. The molecular formula is C15H19NO. The highest BCUT2D eigenvalue weighted by atomic mass is 16.1. The molecule has 2 rings (SSSR count). The number of nitrogens with one attached hydrogen (secondary N) is 1. The van der Waals surface area contributed by atoms with Gasteiger partial charge in [-0.3, -0.25) is 4.79 Å². The second-order valence-corrected chi connectivity index (χ2v) is 4.83. The zero-order valence-electron chi connectivity index (χ0n) is 10.3. The molecule has 2 heteroatoms. The summed E-state index contributed by atoms with van der Waals surface area (Å²) in [5.41, 5.74) is 3.06. The predicted molar refractivity (Wildman–Crippen MR) is 70.0 cm³/mol. The molecule has 0 radical (unpaired) electrons. The Morgan fingerprint density at radius 2 is 2.18 bits per heavy atom. The monoisotopic (exact) mass is 229 g/mol. The first-order valence-electron chi connectivity index (χ1n) is 6.20. The van der Waals surface area contributed by atoms with Gasteiger partial charge in [-0.05, 0) is 44.2 Å². The van der Waals surface area contributed by atoms with E-state index < -0.39 is 0 Å². The summed E-state index contributed by atoms with van der Waals surface area (Å²) in [4.78, 5) is 12.1. The van der Waals surface area contributed by atoms with Gasteiger partial charge in [0.15, 0.2) is 0 Å². The maximum Gasteiger partial charge on any atom is 0.251 e. The SMILES string of the molecule is C=C1CCCC(NC(=O)c2ccccc2C)C1. The van der Waals surface area contributed by atoms with Gasteiger partial charge in [-0.1, -0.05) is 30.4 Å². The van der Waals surface area contributed by atoms with E-state index >= 15 is 0 Å². The van der Waals surface area contributed by atoms with Crippen LogP contribution in [0.3, 0.4) is 0 Å². The summed E-state index contributed by atoms with van der Waals surface area (Å²) in [6.07, 6.45) is 4.24. The summed E-state index contributed by atoms with van der Waals surface area (Å²) in [7, 11) is 0. The maximum absolute atomic E-state index is 12.1. The molecule has 2 nitrogen and oxygen atoms in total. The topological polar surface area (TPSA) is 29.1 Å². The molecule has 1 saturated carbocycles. The highest BCUT2D eigenvalue weighted by Gasteiger charge is 2.18. The van der Waals surface area contributed by atoms with Crippen LogP contribution >= 0.6 is 0 Å². The second kappa shape index (κ2) is 5.17. The lowest BCUT2D eigenvalue weighted by Crippen LogP contribution is -2.36. The van der Waals surface area contributed by atoms with Gasteiger partial charge in [-0.25, -0.2) is 0 Å². The maximum atomic E-state index is 12.1. The molecule has 0 bridgehead atoms. The van der Waals surface area contributed by atoms with Crippen molar-refractivity contribution in [1.82, 2.24) is 5.32 Å². The molecule has 1 amide bonds. The van der Waals surface area contributed by atoms with Crippen molar-refractivity contribution in [1.29, 1.82) is 0 Å². The number of amides is 1. The lowest BCUT2D eigenvalue weighted by molar-refractivity contribution is 0.0931. The number of hydrogen-bond acceptors (Lipinski definition) is 1. The van der Waals surface area contributed by atoms with Crippen LogP contribution in [0, 0.1) is 6.92 Å². The van der Waals surface area contributed by atoms with Crippen LogP contribution in [0.5, 0.6) is 0 Å². The molecule has 1 aliphatic carbocycles. The van der Waals surface area contributed by atoms with E-state index in [0.29, 0.717) is 0 Å². The predicted octanol–water partition coefficient (Wildman–Crippen LogP) is 3.22. The average molecular weight is 229 g/mol. The normalized spacial score (nSPS) is 20.1. The van der Waals surface area contributed by atoms with Crippen molar-refractivity contribution >= 4 is 5.91 Å². The van der Waals surface area contributed by atoms with E-state index in [-0.39, 0.29) is 11.9 Å². The molecule has 1 unspecified atom stereocenters. The summed E-state index contributed by atoms with van der Waals surface area (Å²) in [5, 5.41) is 3.11. The van der Waals surface area contributed by atoms with Gasteiger partial charge in [-0.15, -0.1) is 0 Å². The molecule has 1 aromatic rings. The van der Waals surface area contributed by atoms with Gasteiger partial charge in [0.05, 0.1) is 0 Å². The van der Waals surface area contributed by atoms with E-state index in [4.69, 9.17) is 0 Å². The van der Waals surface area contributed by atoms with E-state index in [1.807, 2.05) is 31.2 Å². The largest absolute Gasteiger partial charge is 0.349 e. The molecule has 90 valence electrons.